The molecule has 0 rings (SSSR count). The molecule has 0 nitrogen and oxygen atoms in total. The maximum atomic E-state index is 4.47. The Kier molecular flexibility index (Phi) is 3.98. The Labute approximate surface area is 33.2 Å². The predicted molar refractivity (Wildman–Crippen MR) is 26.0 cm³/mol. The Balaban J connectivity index is 2.55. The van der Waals surface area contributed by atoms with Gasteiger partial charge in [0.1, 0.15) is 0 Å². The van der Waals surface area contributed by atoms with E-state index >= 15 is 0 Å². The van der Waals surface area contributed by atoms with Gasteiger partial charge in [-0.1, -0.05) is 5.80 Å². The van der Waals surface area contributed by atoms with E-state index in [1.807, 2.05) is 12.7 Å². The van der Waals surface area contributed by atoms with E-state index in [0.717, 1.165) is 7.41 Å². The maximum absolute atomic E-state index is 4.47. The summed E-state index contributed by atoms with van der Waals surface area (Å²) < 4.78 is 0. The van der Waals surface area contributed by atoms with Crippen molar-refractivity contribution in [2.24, 2.45) is 0 Å². The standard InChI is InChI=1S/C2H4PS/c1-2-3-4/h2H,1H3/q-1. The Morgan fingerprint density at radius 3 is 2.25 bits per heavy atom. The molecule has 24 valence electrons. The molecule has 0 atom stereocenters. The third-order valence-corrected chi connectivity index (χ3v) is 0.949. The number of rotatable bonds is 0. The zero-order valence-electron chi connectivity index (χ0n) is 2.43. The average Bonchev–Trinajstić information content (AvgIpc) is 1.37. The lowest BCUT2D eigenvalue weighted by Crippen LogP contribution is -1.32. The summed E-state index contributed by atoms with van der Waals surface area (Å²) >= 11 is 4.47. The van der Waals surface area contributed by atoms with Crippen LogP contribution in [0.25, 0.3) is 0 Å². The van der Waals surface area contributed by atoms with E-state index in [1.165, 1.54) is 0 Å². The van der Waals surface area contributed by atoms with E-state index in [4.69, 9.17) is 0 Å². The average molecular weight is 91.1 g/mol. The second-order valence-corrected chi connectivity index (χ2v) is 1.72. The molecule has 0 unspecified atom stereocenters. The summed E-state index contributed by atoms with van der Waals surface area (Å²) in [6, 6.07) is 0. The monoisotopic (exact) mass is 91.0 g/mol. The summed E-state index contributed by atoms with van der Waals surface area (Å²) in [5.74, 6) is 1.91. The zero-order chi connectivity index (χ0) is 3.41. The Bertz CT molecular complexity index is 21.2. The second kappa shape index (κ2) is 3.52. The van der Waals surface area contributed by atoms with Crippen molar-refractivity contribution in [3.05, 3.63) is 0 Å². The van der Waals surface area contributed by atoms with Crippen LogP contribution in [0.3, 0.4) is 0 Å². The Morgan fingerprint density at radius 2 is 2.25 bits per heavy atom. The Morgan fingerprint density at radius 1 is 2.00 bits per heavy atom. The van der Waals surface area contributed by atoms with Crippen molar-refractivity contribution in [2.75, 3.05) is 0 Å². The first-order valence-electron chi connectivity index (χ1n) is 1.02. The van der Waals surface area contributed by atoms with Gasteiger partial charge >= 0.3 is 0 Å². The molecule has 0 aliphatic heterocycles. The van der Waals surface area contributed by atoms with E-state index in [9.17, 15) is 0 Å². The third kappa shape index (κ3) is 2.52. The topological polar surface area (TPSA) is 0 Å². The van der Waals surface area contributed by atoms with Crippen LogP contribution >= 0.6 is 7.41 Å². The van der Waals surface area contributed by atoms with Crippen molar-refractivity contribution in [1.29, 1.82) is 0 Å². The fourth-order valence-corrected chi connectivity index (χ4v) is 0. The van der Waals surface area contributed by atoms with Crippen molar-refractivity contribution in [3.8, 4) is 0 Å². The highest BCUT2D eigenvalue weighted by Gasteiger charge is 1.22. The van der Waals surface area contributed by atoms with Crippen LogP contribution in [0, 0.1) is 0 Å². The molecule has 0 heterocycles. The predicted octanol–water partition coefficient (Wildman–Crippen LogP) is 1.22. The molecule has 0 aromatic carbocycles. The molecule has 0 fully saturated rings. The van der Waals surface area contributed by atoms with Crippen LogP contribution in [0.1, 0.15) is 6.92 Å². The van der Waals surface area contributed by atoms with E-state index < -0.39 is 0 Å². The molecule has 0 saturated heterocycles. The van der Waals surface area contributed by atoms with E-state index in [1.54, 1.807) is 0 Å². The summed E-state index contributed by atoms with van der Waals surface area (Å²) in [5, 5.41) is 0. The van der Waals surface area contributed by atoms with Crippen LogP contribution in [0.2, 0.25) is 0 Å². The molecule has 0 amide bonds. The maximum Gasteiger partial charge on any atom is -0.0445 e. The Hall–Kier alpha value is 0.520. The number of hydrogen-bond donors (Lipinski definition) is 0. The summed E-state index contributed by atoms with van der Waals surface area (Å²) in [7, 11) is 0.957. The minimum Gasteiger partial charge on any atom is -0.728 e. The summed E-state index contributed by atoms with van der Waals surface area (Å²) in [6.45, 7) is 1.94. The first kappa shape index (κ1) is 4.52. The molecule has 0 aliphatic carbocycles. The van der Waals surface area contributed by atoms with Crippen LogP contribution in [0.4, 0.5) is 0 Å². The lowest BCUT2D eigenvalue weighted by Gasteiger charge is -1.74. The highest BCUT2D eigenvalue weighted by Crippen LogP contribution is 1.77. The molecule has 2 heteroatoms. The second-order valence-electron chi connectivity index (χ2n) is 0.364. The van der Waals surface area contributed by atoms with E-state index in [-0.39, 0.29) is 0 Å². The van der Waals surface area contributed by atoms with Crippen LogP contribution in [0.5, 0.6) is 0 Å². The van der Waals surface area contributed by atoms with Crippen molar-refractivity contribution in [3.63, 3.8) is 0 Å². The molecule has 0 aliphatic rings. The van der Waals surface area contributed by atoms with E-state index in [0.29, 0.717) is 0 Å². The highest BCUT2D eigenvalue weighted by molar-refractivity contribution is 8.23. The van der Waals surface area contributed by atoms with Crippen molar-refractivity contribution in [1.82, 2.24) is 0 Å². The van der Waals surface area contributed by atoms with Crippen LogP contribution in [-0.2, 0) is 12.2 Å². The molecule has 0 bridgehead atoms. The van der Waals surface area contributed by atoms with Gasteiger partial charge in [-0.3, -0.25) is 7.41 Å². The smallest absolute Gasteiger partial charge is 0.0445 e. The molecule has 0 aromatic rings. The lowest BCUT2D eigenvalue weighted by molar-refractivity contribution is 2.14. The quantitative estimate of drug-likeness (QED) is 0.319. The minimum atomic E-state index is 0.957. The van der Waals surface area contributed by atoms with Gasteiger partial charge < -0.3 is 12.2 Å². The van der Waals surface area contributed by atoms with Gasteiger partial charge in [0, 0.05) is 0 Å². The summed E-state index contributed by atoms with van der Waals surface area (Å²) in [5.41, 5.74) is 0. The summed E-state index contributed by atoms with van der Waals surface area (Å²) in [4.78, 5) is 0. The molecule has 4 heavy (non-hydrogen) atoms. The fourth-order valence-electron chi connectivity index (χ4n) is 0. The van der Waals surface area contributed by atoms with Crippen LogP contribution < -0.4 is 0 Å². The van der Waals surface area contributed by atoms with Crippen LogP contribution in [-0.4, -0.2) is 5.80 Å². The summed E-state index contributed by atoms with van der Waals surface area (Å²) in [6.07, 6.45) is 0. The highest BCUT2D eigenvalue weighted by atomic mass is 32.7. The molecule has 0 N–H and O–H groups in total. The molecule has 0 radical (unpaired) electrons. The first-order valence-corrected chi connectivity index (χ1v) is 3.00. The SMILES string of the molecule is CC=P[S-]. The van der Waals surface area contributed by atoms with Gasteiger partial charge in [0.25, 0.3) is 0 Å². The third-order valence-electron chi connectivity index (χ3n) is 0.105. The number of hydrogen-bond acceptors (Lipinski definition) is 1. The van der Waals surface area contributed by atoms with Crippen molar-refractivity contribution >= 4 is 25.5 Å². The minimum absolute atomic E-state index is 0.957. The normalized spacial score (nSPS) is 9.50. The molecule has 0 spiro atoms. The van der Waals surface area contributed by atoms with Gasteiger partial charge in [0.15, 0.2) is 0 Å². The fraction of sp³-hybridized carbons (Fsp3) is 0.500. The van der Waals surface area contributed by atoms with Gasteiger partial charge in [-0.15, -0.1) is 0 Å². The molecule has 0 aromatic heterocycles. The van der Waals surface area contributed by atoms with Gasteiger partial charge in [-0.25, -0.2) is 0 Å². The van der Waals surface area contributed by atoms with Gasteiger partial charge in [-0.2, -0.15) is 0 Å². The molecular formula is C2H4PS-. The van der Waals surface area contributed by atoms with Gasteiger partial charge in [0.05, 0.1) is 0 Å². The van der Waals surface area contributed by atoms with E-state index in [2.05, 4.69) is 12.2 Å². The lowest BCUT2D eigenvalue weighted by atomic mass is 11.0. The largest absolute Gasteiger partial charge is 0.728 e. The first-order chi connectivity index (χ1) is 1.91. The zero-order valence-corrected chi connectivity index (χ0v) is 4.14. The molecule has 0 saturated carbocycles. The van der Waals surface area contributed by atoms with Crippen molar-refractivity contribution < 1.29 is 0 Å². The van der Waals surface area contributed by atoms with Gasteiger partial charge in [0.2, 0.25) is 0 Å². The van der Waals surface area contributed by atoms with Crippen molar-refractivity contribution in [2.45, 2.75) is 6.92 Å². The molecular weight excluding hydrogens is 87.1 g/mol. The van der Waals surface area contributed by atoms with Gasteiger partial charge in [-0.05, 0) is 6.92 Å². The van der Waals surface area contributed by atoms with Crippen LogP contribution in [0.15, 0.2) is 0 Å².